The van der Waals surface area contributed by atoms with Gasteiger partial charge in [-0.25, -0.2) is 12.7 Å². The third kappa shape index (κ3) is 5.12. The molecule has 0 aromatic heterocycles. The summed E-state index contributed by atoms with van der Waals surface area (Å²) in [7, 11) is -3.17. The highest BCUT2D eigenvalue weighted by Gasteiger charge is 2.28. The second-order valence-corrected chi connectivity index (χ2v) is 7.15. The molecule has 0 aliphatic carbocycles. The number of piperidine rings is 1. The van der Waals surface area contributed by atoms with E-state index < -0.39 is 10.0 Å². The van der Waals surface area contributed by atoms with E-state index in [9.17, 15) is 8.42 Å². The van der Waals surface area contributed by atoms with E-state index in [1.165, 1.54) is 0 Å². The maximum absolute atomic E-state index is 12.0. The standard InChI is InChI=1S/C11H22ClNO3S/c1-10(2)16-6-7-17(14,15)13-5-3-4-11(8-12)9-13/h10-11H,3-9H2,1-2H3. The Labute approximate surface area is 109 Å². The topological polar surface area (TPSA) is 46.6 Å². The van der Waals surface area contributed by atoms with Crippen molar-refractivity contribution in [2.75, 3.05) is 31.3 Å². The molecular weight excluding hydrogens is 262 g/mol. The first-order valence-electron chi connectivity index (χ1n) is 6.11. The summed E-state index contributed by atoms with van der Waals surface area (Å²) >= 11 is 5.80. The molecule has 0 amide bonds. The van der Waals surface area contributed by atoms with Gasteiger partial charge in [-0.2, -0.15) is 0 Å². The van der Waals surface area contributed by atoms with Crippen LogP contribution in [0.15, 0.2) is 0 Å². The summed E-state index contributed by atoms with van der Waals surface area (Å²) in [6.07, 6.45) is 2.00. The zero-order chi connectivity index (χ0) is 12.9. The fourth-order valence-electron chi connectivity index (χ4n) is 1.92. The van der Waals surface area contributed by atoms with Crippen molar-refractivity contribution >= 4 is 21.6 Å². The maximum Gasteiger partial charge on any atom is 0.216 e. The fraction of sp³-hybridized carbons (Fsp3) is 1.00. The zero-order valence-corrected chi connectivity index (χ0v) is 12.1. The monoisotopic (exact) mass is 283 g/mol. The van der Waals surface area contributed by atoms with Crippen molar-refractivity contribution < 1.29 is 13.2 Å². The summed E-state index contributed by atoms with van der Waals surface area (Å²) < 4.78 is 30.9. The van der Waals surface area contributed by atoms with Crippen LogP contribution in [-0.4, -0.2) is 50.2 Å². The molecule has 0 bridgehead atoms. The number of rotatable bonds is 6. The van der Waals surface area contributed by atoms with Gasteiger partial charge in [0.25, 0.3) is 0 Å². The van der Waals surface area contributed by atoms with Crippen molar-refractivity contribution in [2.24, 2.45) is 5.92 Å². The van der Waals surface area contributed by atoms with Gasteiger partial charge in [-0.15, -0.1) is 11.6 Å². The highest BCUT2D eigenvalue weighted by atomic mass is 35.5. The lowest BCUT2D eigenvalue weighted by molar-refractivity contribution is 0.0904. The van der Waals surface area contributed by atoms with Crippen LogP contribution in [0.3, 0.4) is 0 Å². The number of hydrogen-bond acceptors (Lipinski definition) is 3. The Morgan fingerprint density at radius 3 is 2.76 bits per heavy atom. The Kier molecular flexibility index (Phi) is 6.20. The van der Waals surface area contributed by atoms with Gasteiger partial charge in [0, 0.05) is 19.0 Å². The van der Waals surface area contributed by atoms with Crippen LogP contribution in [0.25, 0.3) is 0 Å². The fourth-order valence-corrected chi connectivity index (χ4v) is 3.59. The summed E-state index contributed by atoms with van der Waals surface area (Å²) in [6, 6.07) is 0. The molecule has 17 heavy (non-hydrogen) atoms. The predicted molar refractivity (Wildman–Crippen MR) is 69.9 cm³/mol. The molecule has 1 unspecified atom stereocenters. The van der Waals surface area contributed by atoms with Crippen LogP contribution >= 0.6 is 11.6 Å². The van der Waals surface area contributed by atoms with Crippen LogP contribution in [0, 0.1) is 5.92 Å². The summed E-state index contributed by atoms with van der Waals surface area (Å²) in [6.45, 7) is 5.25. The summed E-state index contributed by atoms with van der Waals surface area (Å²) in [4.78, 5) is 0. The normalized spacial score (nSPS) is 23.2. The zero-order valence-electron chi connectivity index (χ0n) is 10.6. The lowest BCUT2D eigenvalue weighted by Crippen LogP contribution is -2.42. The van der Waals surface area contributed by atoms with E-state index in [-0.39, 0.29) is 18.5 Å². The van der Waals surface area contributed by atoms with Crippen molar-refractivity contribution in [3.05, 3.63) is 0 Å². The summed E-state index contributed by atoms with van der Waals surface area (Å²) in [5, 5.41) is 0. The van der Waals surface area contributed by atoms with Gasteiger partial charge < -0.3 is 4.74 Å². The molecule has 0 N–H and O–H groups in total. The second-order valence-electron chi connectivity index (χ2n) is 4.76. The van der Waals surface area contributed by atoms with Gasteiger partial charge in [-0.3, -0.25) is 0 Å². The molecule has 0 radical (unpaired) electrons. The van der Waals surface area contributed by atoms with Crippen LogP contribution in [0.1, 0.15) is 26.7 Å². The minimum absolute atomic E-state index is 0.0696. The van der Waals surface area contributed by atoms with Crippen molar-refractivity contribution in [3.8, 4) is 0 Å². The van der Waals surface area contributed by atoms with Crippen LogP contribution in [0.2, 0.25) is 0 Å². The smallest absolute Gasteiger partial charge is 0.216 e. The van der Waals surface area contributed by atoms with Crippen molar-refractivity contribution in [3.63, 3.8) is 0 Å². The van der Waals surface area contributed by atoms with Gasteiger partial charge in [-0.1, -0.05) is 0 Å². The first-order chi connectivity index (χ1) is 7.95. The highest BCUT2D eigenvalue weighted by Crippen LogP contribution is 2.20. The largest absolute Gasteiger partial charge is 0.378 e. The molecule has 1 saturated heterocycles. The lowest BCUT2D eigenvalue weighted by Gasteiger charge is -2.30. The molecule has 0 aromatic carbocycles. The molecule has 102 valence electrons. The van der Waals surface area contributed by atoms with Crippen LogP contribution in [0.5, 0.6) is 0 Å². The van der Waals surface area contributed by atoms with Crippen molar-refractivity contribution in [1.29, 1.82) is 0 Å². The lowest BCUT2D eigenvalue weighted by atomic mass is 10.0. The third-order valence-electron chi connectivity index (χ3n) is 2.89. The Morgan fingerprint density at radius 1 is 1.47 bits per heavy atom. The van der Waals surface area contributed by atoms with Crippen molar-refractivity contribution in [1.82, 2.24) is 4.31 Å². The van der Waals surface area contributed by atoms with Gasteiger partial charge in [0.1, 0.15) is 0 Å². The van der Waals surface area contributed by atoms with E-state index in [4.69, 9.17) is 16.3 Å². The quantitative estimate of drug-likeness (QED) is 0.697. The average Bonchev–Trinajstić information content (AvgIpc) is 2.28. The molecular formula is C11H22ClNO3S. The summed E-state index contributed by atoms with van der Waals surface area (Å²) in [5.74, 6) is 0.903. The minimum atomic E-state index is -3.17. The molecule has 1 fully saturated rings. The molecule has 0 saturated carbocycles. The summed E-state index contributed by atoms with van der Waals surface area (Å²) in [5.41, 5.74) is 0. The van der Waals surface area contributed by atoms with Gasteiger partial charge in [0.15, 0.2) is 0 Å². The molecule has 0 aromatic rings. The Bertz CT molecular complexity index is 319. The van der Waals surface area contributed by atoms with Gasteiger partial charge in [-0.05, 0) is 32.6 Å². The molecule has 1 aliphatic rings. The molecule has 1 rings (SSSR count). The van der Waals surface area contributed by atoms with Gasteiger partial charge >= 0.3 is 0 Å². The number of alkyl halides is 1. The Balaban J connectivity index is 2.46. The van der Waals surface area contributed by atoms with Crippen molar-refractivity contribution in [2.45, 2.75) is 32.8 Å². The molecule has 6 heteroatoms. The predicted octanol–water partition coefficient (Wildman–Crippen LogP) is 1.69. The van der Waals surface area contributed by atoms with E-state index >= 15 is 0 Å². The number of ether oxygens (including phenoxy) is 1. The average molecular weight is 284 g/mol. The Morgan fingerprint density at radius 2 is 2.18 bits per heavy atom. The number of sulfonamides is 1. The number of halogens is 1. The van der Waals surface area contributed by atoms with E-state index in [1.54, 1.807) is 4.31 Å². The highest BCUT2D eigenvalue weighted by molar-refractivity contribution is 7.89. The Hall–Kier alpha value is 0.160. The maximum atomic E-state index is 12.0. The first kappa shape index (κ1) is 15.2. The first-order valence-corrected chi connectivity index (χ1v) is 8.25. The van der Waals surface area contributed by atoms with Crippen LogP contribution < -0.4 is 0 Å². The molecule has 1 heterocycles. The SMILES string of the molecule is CC(C)OCCS(=O)(=O)N1CCCC(CCl)C1. The van der Waals surface area contributed by atoms with Gasteiger partial charge in [0.2, 0.25) is 10.0 Å². The third-order valence-corrected chi connectivity index (χ3v) is 5.12. The van der Waals surface area contributed by atoms with E-state index in [0.717, 1.165) is 12.8 Å². The van der Waals surface area contributed by atoms with E-state index in [1.807, 2.05) is 13.8 Å². The minimum Gasteiger partial charge on any atom is -0.378 e. The number of nitrogens with zero attached hydrogens (tertiary/aromatic N) is 1. The van der Waals surface area contributed by atoms with Gasteiger partial charge in [0.05, 0.1) is 18.5 Å². The molecule has 0 spiro atoms. The molecule has 4 nitrogen and oxygen atoms in total. The van der Waals surface area contributed by atoms with Crippen LogP contribution in [-0.2, 0) is 14.8 Å². The van der Waals surface area contributed by atoms with Crippen LogP contribution in [0.4, 0.5) is 0 Å². The van der Waals surface area contributed by atoms with E-state index in [2.05, 4.69) is 0 Å². The second kappa shape index (κ2) is 6.92. The molecule has 1 aliphatic heterocycles. The molecule has 1 atom stereocenters. The van der Waals surface area contributed by atoms with E-state index in [0.29, 0.717) is 24.9 Å². The number of hydrogen-bond donors (Lipinski definition) is 0.